The summed E-state index contributed by atoms with van der Waals surface area (Å²) in [6, 6.07) is -0.0244. The second-order valence-electron chi connectivity index (χ2n) is 4.49. The number of carbonyl (C=O) groups is 2. The first-order chi connectivity index (χ1) is 6.93. The third-order valence-electron chi connectivity index (χ3n) is 3.63. The molecule has 15 heavy (non-hydrogen) atoms. The molecule has 1 fully saturated rings. The smallest absolute Gasteiger partial charge is 0.227 e. The van der Waals surface area contributed by atoms with Gasteiger partial charge in [0.05, 0.1) is 5.41 Å². The summed E-state index contributed by atoms with van der Waals surface area (Å²) in [5.74, 6) is 0.0817. The minimum Gasteiger partial charge on any atom is -0.359 e. The minimum atomic E-state index is -0.446. The first kappa shape index (κ1) is 12.0. The molecule has 4 heteroatoms. The second kappa shape index (κ2) is 4.21. The molecule has 0 aromatic rings. The normalized spacial score (nSPS) is 31.2. The zero-order valence-electron chi connectivity index (χ0n) is 9.96. The van der Waals surface area contributed by atoms with Crippen LogP contribution in [0, 0.1) is 5.41 Å². The van der Waals surface area contributed by atoms with E-state index in [-0.39, 0.29) is 17.9 Å². The Labute approximate surface area is 91.0 Å². The number of likely N-dealkylation sites (tertiary alicyclic amines) is 1. The summed E-state index contributed by atoms with van der Waals surface area (Å²) in [5.41, 5.74) is -0.446. The molecule has 2 amide bonds. The van der Waals surface area contributed by atoms with Gasteiger partial charge in [-0.05, 0) is 26.7 Å². The highest BCUT2D eigenvalue weighted by Crippen LogP contribution is 2.35. The molecular weight excluding hydrogens is 192 g/mol. The van der Waals surface area contributed by atoms with Gasteiger partial charge in [-0.15, -0.1) is 0 Å². The summed E-state index contributed by atoms with van der Waals surface area (Å²) in [5, 5.41) is 2.69. The maximum Gasteiger partial charge on any atom is 0.227 e. The molecule has 1 aliphatic rings. The molecule has 0 aromatic heterocycles. The molecular formula is C11H20N2O2. The van der Waals surface area contributed by atoms with E-state index in [9.17, 15) is 9.59 Å². The summed E-state index contributed by atoms with van der Waals surface area (Å²) in [4.78, 5) is 25.0. The lowest BCUT2D eigenvalue weighted by atomic mass is 9.74. The van der Waals surface area contributed by atoms with Crippen LogP contribution < -0.4 is 5.32 Å². The number of nitrogens with one attached hydrogen (secondary N) is 1. The van der Waals surface area contributed by atoms with Gasteiger partial charge in [-0.3, -0.25) is 9.59 Å². The fourth-order valence-corrected chi connectivity index (χ4v) is 2.38. The third-order valence-corrected chi connectivity index (χ3v) is 3.63. The van der Waals surface area contributed by atoms with Gasteiger partial charge in [-0.1, -0.05) is 0 Å². The van der Waals surface area contributed by atoms with Crippen LogP contribution in [-0.2, 0) is 9.59 Å². The predicted molar refractivity (Wildman–Crippen MR) is 58.3 cm³/mol. The van der Waals surface area contributed by atoms with Crippen molar-refractivity contribution in [1.29, 1.82) is 0 Å². The number of carbonyl (C=O) groups excluding carboxylic acids is 2. The summed E-state index contributed by atoms with van der Waals surface area (Å²) < 4.78 is 0. The summed E-state index contributed by atoms with van der Waals surface area (Å²) in [6.45, 7) is 6.22. The molecule has 1 heterocycles. The van der Waals surface area contributed by atoms with Gasteiger partial charge in [0.2, 0.25) is 11.8 Å². The average molecular weight is 212 g/mol. The van der Waals surface area contributed by atoms with E-state index in [4.69, 9.17) is 0 Å². The highest BCUT2D eigenvalue weighted by Gasteiger charge is 2.44. The highest BCUT2D eigenvalue weighted by atomic mass is 16.2. The Bertz CT molecular complexity index is 278. The molecule has 4 nitrogen and oxygen atoms in total. The van der Waals surface area contributed by atoms with Crippen LogP contribution in [0.1, 0.15) is 33.6 Å². The Morgan fingerprint density at radius 1 is 1.47 bits per heavy atom. The van der Waals surface area contributed by atoms with E-state index in [0.29, 0.717) is 0 Å². The van der Waals surface area contributed by atoms with Crippen LogP contribution in [0.5, 0.6) is 0 Å². The number of nitrogens with zero attached hydrogens (tertiary/aromatic N) is 1. The number of amides is 2. The maximum absolute atomic E-state index is 11.8. The largest absolute Gasteiger partial charge is 0.359 e. The predicted octanol–water partition coefficient (Wildman–Crippen LogP) is 0.770. The molecule has 2 atom stereocenters. The van der Waals surface area contributed by atoms with Crippen LogP contribution in [0.4, 0.5) is 0 Å². The van der Waals surface area contributed by atoms with Gasteiger partial charge in [0, 0.05) is 26.6 Å². The third kappa shape index (κ3) is 1.98. The van der Waals surface area contributed by atoms with E-state index in [1.165, 1.54) is 0 Å². The van der Waals surface area contributed by atoms with Crippen LogP contribution in [0.3, 0.4) is 0 Å². The lowest BCUT2D eigenvalue weighted by Gasteiger charge is -2.45. The minimum absolute atomic E-state index is 0.0244. The van der Waals surface area contributed by atoms with Gasteiger partial charge >= 0.3 is 0 Å². The van der Waals surface area contributed by atoms with E-state index < -0.39 is 5.41 Å². The SMILES string of the molecule is CNC(=O)[C@]1(C)CCCN(C(C)=O)[C@H]1C. The number of hydrogen-bond donors (Lipinski definition) is 1. The van der Waals surface area contributed by atoms with E-state index in [1.54, 1.807) is 18.9 Å². The van der Waals surface area contributed by atoms with Gasteiger partial charge < -0.3 is 10.2 Å². The van der Waals surface area contributed by atoms with E-state index in [2.05, 4.69) is 5.32 Å². The molecule has 0 aliphatic carbocycles. The molecule has 1 saturated heterocycles. The van der Waals surface area contributed by atoms with Gasteiger partial charge in [-0.25, -0.2) is 0 Å². The Morgan fingerprint density at radius 2 is 2.07 bits per heavy atom. The van der Waals surface area contributed by atoms with Crippen LogP contribution in [0.25, 0.3) is 0 Å². The zero-order valence-corrected chi connectivity index (χ0v) is 9.96. The standard InChI is InChI=1S/C11H20N2O2/c1-8-11(3,10(15)12-4)6-5-7-13(8)9(2)14/h8H,5-7H2,1-4H3,(H,12,15)/t8-,11+/m0/s1. The van der Waals surface area contributed by atoms with Crippen molar-refractivity contribution in [3.05, 3.63) is 0 Å². The van der Waals surface area contributed by atoms with Crippen molar-refractivity contribution < 1.29 is 9.59 Å². The second-order valence-corrected chi connectivity index (χ2v) is 4.49. The van der Waals surface area contributed by atoms with E-state index >= 15 is 0 Å². The van der Waals surface area contributed by atoms with Crippen molar-refractivity contribution in [2.24, 2.45) is 5.41 Å². The fraction of sp³-hybridized carbons (Fsp3) is 0.818. The first-order valence-electron chi connectivity index (χ1n) is 5.43. The van der Waals surface area contributed by atoms with Crippen molar-refractivity contribution in [3.8, 4) is 0 Å². The van der Waals surface area contributed by atoms with Gasteiger partial charge in [-0.2, -0.15) is 0 Å². The lowest BCUT2D eigenvalue weighted by Crippen LogP contribution is -2.56. The molecule has 0 saturated carbocycles. The topological polar surface area (TPSA) is 49.4 Å². The van der Waals surface area contributed by atoms with Crippen LogP contribution in [0.15, 0.2) is 0 Å². The number of rotatable bonds is 1. The molecule has 0 unspecified atom stereocenters. The van der Waals surface area contributed by atoms with Gasteiger partial charge in [0.1, 0.15) is 0 Å². The fourth-order valence-electron chi connectivity index (χ4n) is 2.38. The quantitative estimate of drug-likeness (QED) is 0.698. The van der Waals surface area contributed by atoms with Crippen molar-refractivity contribution in [1.82, 2.24) is 10.2 Å². The zero-order chi connectivity index (χ0) is 11.6. The highest BCUT2D eigenvalue weighted by molar-refractivity contribution is 5.84. The molecule has 0 spiro atoms. The van der Waals surface area contributed by atoms with Crippen molar-refractivity contribution >= 4 is 11.8 Å². The summed E-state index contributed by atoms with van der Waals surface area (Å²) in [6.07, 6.45) is 1.74. The van der Waals surface area contributed by atoms with Gasteiger partial charge in [0.15, 0.2) is 0 Å². The van der Waals surface area contributed by atoms with E-state index in [1.807, 2.05) is 13.8 Å². The Morgan fingerprint density at radius 3 is 2.53 bits per heavy atom. The molecule has 86 valence electrons. The van der Waals surface area contributed by atoms with Crippen molar-refractivity contribution in [2.45, 2.75) is 39.7 Å². The Hall–Kier alpha value is -1.06. The molecule has 0 bridgehead atoms. The van der Waals surface area contributed by atoms with E-state index in [0.717, 1.165) is 19.4 Å². The molecule has 1 aliphatic heterocycles. The maximum atomic E-state index is 11.8. The Kier molecular flexibility index (Phi) is 3.37. The van der Waals surface area contributed by atoms with Crippen molar-refractivity contribution in [2.75, 3.05) is 13.6 Å². The Balaban J connectivity index is 2.91. The lowest BCUT2D eigenvalue weighted by molar-refractivity contribution is -0.144. The molecule has 0 aromatic carbocycles. The summed E-state index contributed by atoms with van der Waals surface area (Å²) >= 11 is 0. The molecule has 1 rings (SSSR count). The molecule has 0 radical (unpaired) electrons. The summed E-state index contributed by atoms with van der Waals surface area (Å²) in [7, 11) is 1.65. The van der Waals surface area contributed by atoms with Crippen LogP contribution >= 0.6 is 0 Å². The van der Waals surface area contributed by atoms with Crippen LogP contribution in [-0.4, -0.2) is 36.3 Å². The first-order valence-corrected chi connectivity index (χ1v) is 5.43. The monoisotopic (exact) mass is 212 g/mol. The van der Waals surface area contributed by atoms with Crippen molar-refractivity contribution in [3.63, 3.8) is 0 Å². The number of hydrogen-bond acceptors (Lipinski definition) is 2. The van der Waals surface area contributed by atoms with Crippen LogP contribution in [0.2, 0.25) is 0 Å². The molecule has 1 N–H and O–H groups in total. The average Bonchev–Trinajstić information content (AvgIpc) is 2.20. The van der Waals surface area contributed by atoms with Gasteiger partial charge in [0.25, 0.3) is 0 Å². The number of piperidine rings is 1.